The lowest BCUT2D eigenvalue weighted by atomic mass is 9.96. The molecule has 0 spiro atoms. The third-order valence-electron chi connectivity index (χ3n) is 5.35. The van der Waals surface area contributed by atoms with E-state index in [1.165, 1.54) is 23.9 Å². The Morgan fingerprint density at radius 3 is 2.62 bits per heavy atom. The van der Waals surface area contributed by atoms with E-state index in [1.807, 2.05) is 36.9 Å². The Bertz CT molecular complexity index is 841. The number of hydrogen-bond acceptors (Lipinski definition) is 3. The van der Waals surface area contributed by atoms with Gasteiger partial charge in [0.15, 0.2) is 5.69 Å². The molecule has 1 fully saturated rings. The zero-order valence-electron chi connectivity index (χ0n) is 16.1. The van der Waals surface area contributed by atoms with Crippen LogP contribution in [-0.4, -0.2) is 33.7 Å². The van der Waals surface area contributed by atoms with E-state index in [2.05, 4.69) is 12.0 Å². The van der Waals surface area contributed by atoms with Crippen molar-refractivity contribution in [3.8, 4) is 0 Å². The lowest BCUT2D eigenvalue weighted by Crippen LogP contribution is -2.35. The van der Waals surface area contributed by atoms with Gasteiger partial charge in [-0.25, -0.2) is 4.68 Å². The first-order valence-electron chi connectivity index (χ1n) is 9.83. The van der Waals surface area contributed by atoms with Crippen LogP contribution in [0.25, 0.3) is 10.8 Å². The average molecular weight is 355 g/mol. The molecule has 5 heteroatoms. The maximum atomic E-state index is 13.3. The van der Waals surface area contributed by atoms with E-state index in [0.29, 0.717) is 22.4 Å². The van der Waals surface area contributed by atoms with Gasteiger partial charge in [-0.2, -0.15) is 5.10 Å². The highest BCUT2D eigenvalue weighted by Gasteiger charge is 2.25. The molecule has 2 aromatic rings. The molecule has 1 unspecified atom stereocenters. The summed E-state index contributed by atoms with van der Waals surface area (Å²) < 4.78 is 1.44. The standard InChI is InChI=1S/C21H29N3O2/c1-4-8-16-9-7-13-23(14-12-16)21(26)19-17-10-5-6-11-18(17)20(25)24(22-19)15(2)3/h5-6,10-11,15-16H,4,7-9,12-14H2,1-3H3. The second-order valence-electron chi connectivity index (χ2n) is 7.62. The summed E-state index contributed by atoms with van der Waals surface area (Å²) in [5.41, 5.74) is 0.272. The summed E-state index contributed by atoms with van der Waals surface area (Å²) in [7, 11) is 0. The molecular formula is C21H29N3O2. The number of benzene rings is 1. The lowest BCUT2D eigenvalue weighted by Gasteiger charge is -2.22. The topological polar surface area (TPSA) is 55.2 Å². The smallest absolute Gasteiger partial charge is 0.274 e. The van der Waals surface area contributed by atoms with Crippen molar-refractivity contribution < 1.29 is 4.79 Å². The second kappa shape index (κ2) is 8.02. The first-order valence-corrected chi connectivity index (χ1v) is 9.83. The number of hydrogen-bond donors (Lipinski definition) is 0. The van der Waals surface area contributed by atoms with Gasteiger partial charge in [0.05, 0.1) is 11.4 Å². The number of carbonyl (C=O) groups is 1. The summed E-state index contributed by atoms with van der Waals surface area (Å²) in [4.78, 5) is 27.9. The molecule has 0 bridgehead atoms. The van der Waals surface area contributed by atoms with Gasteiger partial charge in [-0.1, -0.05) is 38.0 Å². The SMILES string of the molecule is CCCC1CCCN(C(=O)c2nn(C(C)C)c(=O)c3ccccc23)CC1. The minimum atomic E-state index is -0.133. The summed E-state index contributed by atoms with van der Waals surface area (Å²) >= 11 is 0. The minimum absolute atomic E-state index is 0.0484. The summed E-state index contributed by atoms with van der Waals surface area (Å²) in [6, 6.07) is 7.23. The van der Waals surface area contributed by atoms with Gasteiger partial charge < -0.3 is 4.90 Å². The molecule has 0 radical (unpaired) electrons. The number of fused-ring (bicyclic) bond motifs is 1. The largest absolute Gasteiger partial charge is 0.337 e. The molecule has 5 nitrogen and oxygen atoms in total. The number of amides is 1. The second-order valence-corrected chi connectivity index (χ2v) is 7.62. The van der Waals surface area contributed by atoms with Crippen LogP contribution in [-0.2, 0) is 0 Å². The average Bonchev–Trinajstić information content (AvgIpc) is 2.87. The minimum Gasteiger partial charge on any atom is -0.337 e. The van der Waals surface area contributed by atoms with Crippen molar-refractivity contribution in [2.75, 3.05) is 13.1 Å². The molecule has 1 saturated heterocycles. The molecule has 1 aliphatic rings. The molecule has 0 N–H and O–H groups in total. The summed E-state index contributed by atoms with van der Waals surface area (Å²) in [6.07, 6.45) is 5.72. The van der Waals surface area contributed by atoms with Gasteiger partial charge >= 0.3 is 0 Å². The van der Waals surface area contributed by atoms with Gasteiger partial charge in [0.1, 0.15) is 0 Å². The van der Waals surface area contributed by atoms with Crippen LogP contribution in [0.1, 0.15) is 69.4 Å². The molecule has 3 rings (SSSR count). The summed E-state index contributed by atoms with van der Waals surface area (Å²) in [5, 5.41) is 5.70. The Labute approximate surface area is 155 Å². The molecule has 2 heterocycles. The van der Waals surface area contributed by atoms with E-state index < -0.39 is 0 Å². The molecule has 1 aromatic heterocycles. The first kappa shape index (κ1) is 18.6. The van der Waals surface area contributed by atoms with E-state index >= 15 is 0 Å². The summed E-state index contributed by atoms with van der Waals surface area (Å²) in [5.74, 6) is 0.667. The predicted molar refractivity (Wildman–Crippen MR) is 105 cm³/mol. The fourth-order valence-corrected chi connectivity index (χ4v) is 3.93. The number of aromatic nitrogens is 2. The Kier molecular flexibility index (Phi) is 5.74. The fourth-order valence-electron chi connectivity index (χ4n) is 3.93. The maximum Gasteiger partial charge on any atom is 0.274 e. The van der Waals surface area contributed by atoms with Crippen molar-refractivity contribution in [1.29, 1.82) is 0 Å². The monoisotopic (exact) mass is 355 g/mol. The van der Waals surface area contributed by atoms with Gasteiger partial charge in [0.2, 0.25) is 0 Å². The van der Waals surface area contributed by atoms with Gasteiger partial charge in [-0.3, -0.25) is 9.59 Å². The Hall–Kier alpha value is -2.17. The van der Waals surface area contributed by atoms with Crippen LogP contribution < -0.4 is 5.56 Å². The van der Waals surface area contributed by atoms with Crippen molar-refractivity contribution in [3.63, 3.8) is 0 Å². The van der Waals surface area contributed by atoms with E-state index in [-0.39, 0.29) is 17.5 Å². The van der Waals surface area contributed by atoms with Gasteiger partial charge in [0.25, 0.3) is 11.5 Å². The molecule has 0 saturated carbocycles. The highest BCUT2D eigenvalue weighted by Crippen LogP contribution is 2.24. The number of likely N-dealkylation sites (tertiary alicyclic amines) is 1. The normalized spacial score (nSPS) is 18.3. The highest BCUT2D eigenvalue weighted by atomic mass is 16.2. The van der Waals surface area contributed by atoms with Crippen molar-refractivity contribution in [1.82, 2.24) is 14.7 Å². The lowest BCUT2D eigenvalue weighted by molar-refractivity contribution is 0.0753. The zero-order chi connectivity index (χ0) is 18.7. The quantitative estimate of drug-likeness (QED) is 0.832. The third-order valence-corrected chi connectivity index (χ3v) is 5.35. The Morgan fingerprint density at radius 1 is 1.19 bits per heavy atom. The highest BCUT2D eigenvalue weighted by molar-refractivity contribution is 6.04. The molecule has 26 heavy (non-hydrogen) atoms. The van der Waals surface area contributed by atoms with Crippen molar-refractivity contribution in [3.05, 3.63) is 40.3 Å². The van der Waals surface area contributed by atoms with Crippen molar-refractivity contribution in [2.24, 2.45) is 5.92 Å². The van der Waals surface area contributed by atoms with E-state index in [0.717, 1.165) is 25.9 Å². The summed E-state index contributed by atoms with van der Waals surface area (Å²) in [6.45, 7) is 7.60. The predicted octanol–water partition coefficient (Wildman–Crippen LogP) is 4.02. The van der Waals surface area contributed by atoms with Crippen LogP contribution in [0.3, 0.4) is 0 Å². The van der Waals surface area contributed by atoms with E-state index in [9.17, 15) is 9.59 Å². The fraction of sp³-hybridized carbons (Fsp3) is 0.571. The van der Waals surface area contributed by atoms with Crippen LogP contribution in [0.4, 0.5) is 0 Å². The third kappa shape index (κ3) is 3.67. The molecule has 1 aromatic carbocycles. The van der Waals surface area contributed by atoms with Crippen LogP contribution in [0.5, 0.6) is 0 Å². The zero-order valence-corrected chi connectivity index (χ0v) is 16.1. The number of rotatable bonds is 4. The first-order chi connectivity index (χ1) is 12.5. The van der Waals surface area contributed by atoms with Crippen molar-refractivity contribution >= 4 is 16.7 Å². The van der Waals surface area contributed by atoms with Gasteiger partial charge in [0, 0.05) is 18.5 Å². The maximum absolute atomic E-state index is 13.3. The van der Waals surface area contributed by atoms with Crippen LogP contribution >= 0.6 is 0 Å². The van der Waals surface area contributed by atoms with Crippen LogP contribution in [0.15, 0.2) is 29.1 Å². The molecule has 1 aliphatic heterocycles. The van der Waals surface area contributed by atoms with Crippen LogP contribution in [0, 0.1) is 5.92 Å². The molecule has 140 valence electrons. The van der Waals surface area contributed by atoms with Crippen molar-refractivity contribution in [2.45, 2.75) is 58.9 Å². The Morgan fingerprint density at radius 2 is 1.92 bits per heavy atom. The van der Waals surface area contributed by atoms with E-state index in [1.54, 1.807) is 6.07 Å². The van der Waals surface area contributed by atoms with Gasteiger partial charge in [-0.05, 0) is 45.1 Å². The van der Waals surface area contributed by atoms with E-state index in [4.69, 9.17) is 0 Å². The molecule has 0 aliphatic carbocycles. The molecular weight excluding hydrogens is 326 g/mol. The van der Waals surface area contributed by atoms with Gasteiger partial charge in [-0.15, -0.1) is 0 Å². The molecule has 1 amide bonds. The number of nitrogens with zero attached hydrogens (tertiary/aromatic N) is 3. The number of carbonyl (C=O) groups excluding carboxylic acids is 1. The molecule has 1 atom stereocenters. The Balaban J connectivity index is 1.98. The van der Waals surface area contributed by atoms with Crippen LogP contribution in [0.2, 0.25) is 0 Å².